The lowest BCUT2D eigenvalue weighted by Gasteiger charge is -2.07. The Morgan fingerprint density at radius 3 is 2.71 bits per heavy atom. The maximum Gasteiger partial charge on any atom is 0.230 e. The SMILES string of the molecule is COc1ccccc1CC(=O)Nc1nc(-c2ccc(Br)cc2)cs1. The Labute approximate surface area is 152 Å². The molecular formula is C18H15BrN2O2S. The second kappa shape index (κ2) is 7.59. The van der Waals surface area contributed by atoms with Crippen molar-refractivity contribution in [3.05, 3.63) is 63.9 Å². The third-order valence-corrected chi connectivity index (χ3v) is 4.72. The summed E-state index contributed by atoms with van der Waals surface area (Å²) in [6.45, 7) is 0. The molecule has 0 aliphatic rings. The summed E-state index contributed by atoms with van der Waals surface area (Å²) in [5, 5.41) is 5.37. The number of nitrogens with one attached hydrogen (secondary N) is 1. The normalized spacial score (nSPS) is 10.4. The second-order valence-electron chi connectivity index (χ2n) is 5.08. The molecule has 1 N–H and O–H groups in total. The molecule has 6 heteroatoms. The van der Waals surface area contributed by atoms with Crippen LogP contribution in [-0.4, -0.2) is 18.0 Å². The molecule has 1 aromatic heterocycles. The lowest BCUT2D eigenvalue weighted by molar-refractivity contribution is -0.115. The first kappa shape index (κ1) is 16.7. The van der Waals surface area contributed by atoms with Gasteiger partial charge < -0.3 is 10.1 Å². The van der Waals surface area contributed by atoms with Crippen molar-refractivity contribution >= 4 is 38.3 Å². The van der Waals surface area contributed by atoms with E-state index in [1.165, 1.54) is 11.3 Å². The van der Waals surface area contributed by atoms with Crippen molar-refractivity contribution < 1.29 is 9.53 Å². The summed E-state index contributed by atoms with van der Waals surface area (Å²) in [5.41, 5.74) is 2.71. The Morgan fingerprint density at radius 2 is 1.96 bits per heavy atom. The van der Waals surface area contributed by atoms with Crippen LogP contribution in [0, 0.1) is 0 Å². The van der Waals surface area contributed by atoms with E-state index in [-0.39, 0.29) is 12.3 Å². The molecule has 0 aliphatic carbocycles. The molecule has 3 aromatic rings. The first-order valence-corrected chi connectivity index (χ1v) is 8.96. The van der Waals surface area contributed by atoms with Crippen molar-refractivity contribution in [2.45, 2.75) is 6.42 Å². The highest BCUT2D eigenvalue weighted by atomic mass is 79.9. The molecule has 1 heterocycles. The molecule has 0 spiro atoms. The van der Waals surface area contributed by atoms with Gasteiger partial charge >= 0.3 is 0 Å². The molecule has 122 valence electrons. The molecule has 1 amide bonds. The molecule has 3 rings (SSSR count). The van der Waals surface area contributed by atoms with E-state index in [1.807, 2.05) is 53.9 Å². The number of thiazole rings is 1. The summed E-state index contributed by atoms with van der Waals surface area (Å²) >= 11 is 4.83. The van der Waals surface area contributed by atoms with Crippen LogP contribution in [0.2, 0.25) is 0 Å². The van der Waals surface area contributed by atoms with Crippen molar-refractivity contribution in [2.24, 2.45) is 0 Å². The van der Waals surface area contributed by atoms with Gasteiger partial charge in [-0.1, -0.05) is 46.3 Å². The van der Waals surface area contributed by atoms with Gasteiger partial charge in [0.25, 0.3) is 0 Å². The number of benzene rings is 2. The van der Waals surface area contributed by atoms with Crippen molar-refractivity contribution in [3.63, 3.8) is 0 Å². The maximum absolute atomic E-state index is 12.2. The Kier molecular flexibility index (Phi) is 5.27. The molecule has 4 nitrogen and oxygen atoms in total. The minimum absolute atomic E-state index is 0.115. The third kappa shape index (κ3) is 4.01. The summed E-state index contributed by atoms with van der Waals surface area (Å²) in [6.07, 6.45) is 0.247. The zero-order chi connectivity index (χ0) is 16.9. The van der Waals surface area contributed by atoms with Crippen molar-refractivity contribution in [2.75, 3.05) is 12.4 Å². The van der Waals surface area contributed by atoms with Gasteiger partial charge in [-0.3, -0.25) is 4.79 Å². The van der Waals surface area contributed by atoms with Crippen LogP contribution in [0.3, 0.4) is 0 Å². The van der Waals surface area contributed by atoms with E-state index in [9.17, 15) is 4.79 Å². The Balaban J connectivity index is 1.68. The summed E-state index contributed by atoms with van der Waals surface area (Å²) < 4.78 is 6.29. The predicted molar refractivity (Wildman–Crippen MR) is 101 cm³/mol. The van der Waals surface area contributed by atoms with Crippen LogP contribution in [0.4, 0.5) is 5.13 Å². The van der Waals surface area contributed by atoms with Gasteiger partial charge in [0.05, 0.1) is 19.2 Å². The van der Waals surface area contributed by atoms with Gasteiger partial charge in [0.15, 0.2) is 5.13 Å². The van der Waals surface area contributed by atoms with E-state index >= 15 is 0 Å². The Morgan fingerprint density at radius 1 is 1.21 bits per heavy atom. The Hall–Kier alpha value is -2.18. The van der Waals surface area contributed by atoms with Gasteiger partial charge in [-0.25, -0.2) is 4.98 Å². The molecule has 0 aliphatic heterocycles. The van der Waals surface area contributed by atoms with Crippen LogP contribution in [0.5, 0.6) is 5.75 Å². The van der Waals surface area contributed by atoms with Gasteiger partial charge in [-0.2, -0.15) is 0 Å². The number of aromatic nitrogens is 1. The number of ether oxygens (including phenoxy) is 1. The lowest BCUT2D eigenvalue weighted by atomic mass is 10.1. The van der Waals surface area contributed by atoms with Crippen molar-refractivity contribution in [1.29, 1.82) is 0 Å². The second-order valence-corrected chi connectivity index (χ2v) is 6.86. The van der Waals surface area contributed by atoms with Gasteiger partial charge in [0, 0.05) is 21.0 Å². The van der Waals surface area contributed by atoms with E-state index < -0.39 is 0 Å². The van der Waals surface area contributed by atoms with Crippen LogP contribution in [0.25, 0.3) is 11.3 Å². The minimum atomic E-state index is -0.115. The number of amides is 1. The van der Waals surface area contributed by atoms with Crippen LogP contribution >= 0.6 is 27.3 Å². The molecule has 0 radical (unpaired) electrons. The average Bonchev–Trinajstić information content (AvgIpc) is 3.04. The van der Waals surface area contributed by atoms with Crippen molar-refractivity contribution in [3.8, 4) is 17.0 Å². The molecule has 2 aromatic carbocycles. The van der Waals surface area contributed by atoms with Crippen LogP contribution in [-0.2, 0) is 11.2 Å². The van der Waals surface area contributed by atoms with E-state index in [0.717, 1.165) is 21.3 Å². The fraction of sp³-hybridized carbons (Fsp3) is 0.111. The standard InChI is InChI=1S/C18H15BrN2O2S/c1-23-16-5-3-2-4-13(16)10-17(22)21-18-20-15(11-24-18)12-6-8-14(19)9-7-12/h2-9,11H,10H2,1H3,(H,20,21,22). The van der Waals surface area contributed by atoms with Crippen molar-refractivity contribution in [1.82, 2.24) is 4.98 Å². The maximum atomic E-state index is 12.2. The van der Waals surface area contributed by atoms with E-state index in [4.69, 9.17) is 4.74 Å². The fourth-order valence-electron chi connectivity index (χ4n) is 2.27. The molecule has 24 heavy (non-hydrogen) atoms. The third-order valence-electron chi connectivity index (χ3n) is 3.43. The summed E-state index contributed by atoms with van der Waals surface area (Å²) in [5.74, 6) is 0.596. The fourth-order valence-corrected chi connectivity index (χ4v) is 3.27. The molecule has 0 unspecified atom stereocenters. The van der Waals surface area contributed by atoms with Gasteiger partial charge in [-0.15, -0.1) is 11.3 Å². The van der Waals surface area contributed by atoms with Crippen LogP contribution < -0.4 is 10.1 Å². The number of halogens is 1. The van der Waals surface area contributed by atoms with Crippen LogP contribution in [0.1, 0.15) is 5.56 Å². The predicted octanol–water partition coefficient (Wildman–Crippen LogP) is 4.76. The number of carbonyl (C=O) groups excluding carboxylic acids is 1. The number of anilines is 1. The number of hydrogen-bond acceptors (Lipinski definition) is 4. The molecule has 0 saturated heterocycles. The van der Waals surface area contributed by atoms with Crippen LogP contribution in [0.15, 0.2) is 58.4 Å². The monoisotopic (exact) mass is 402 g/mol. The van der Waals surface area contributed by atoms with Gasteiger partial charge in [0.2, 0.25) is 5.91 Å². The summed E-state index contributed by atoms with van der Waals surface area (Å²) in [6, 6.07) is 15.4. The highest BCUT2D eigenvalue weighted by molar-refractivity contribution is 9.10. The average molecular weight is 403 g/mol. The van der Waals surface area contributed by atoms with Gasteiger partial charge in [-0.05, 0) is 18.2 Å². The zero-order valence-corrected chi connectivity index (χ0v) is 15.4. The number of nitrogens with zero attached hydrogens (tertiary/aromatic N) is 1. The van der Waals surface area contributed by atoms with E-state index in [0.29, 0.717) is 10.9 Å². The number of hydrogen-bond donors (Lipinski definition) is 1. The van der Waals surface area contributed by atoms with E-state index in [2.05, 4.69) is 26.2 Å². The topological polar surface area (TPSA) is 51.2 Å². The largest absolute Gasteiger partial charge is 0.496 e. The van der Waals surface area contributed by atoms with E-state index in [1.54, 1.807) is 7.11 Å². The smallest absolute Gasteiger partial charge is 0.230 e. The number of carbonyl (C=O) groups is 1. The molecule has 0 atom stereocenters. The molecular weight excluding hydrogens is 388 g/mol. The highest BCUT2D eigenvalue weighted by Gasteiger charge is 2.11. The number of para-hydroxylation sites is 1. The number of rotatable bonds is 5. The first-order chi connectivity index (χ1) is 11.7. The highest BCUT2D eigenvalue weighted by Crippen LogP contribution is 2.26. The number of methoxy groups -OCH3 is 1. The lowest BCUT2D eigenvalue weighted by Crippen LogP contribution is -2.14. The zero-order valence-electron chi connectivity index (χ0n) is 13.0. The molecule has 0 fully saturated rings. The quantitative estimate of drug-likeness (QED) is 0.668. The Bertz CT molecular complexity index is 846. The summed E-state index contributed by atoms with van der Waals surface area (Å²) in [7, 11) is 1.60. The van der Waals surface area contributed by atoms with Gasteiger partial charge in [0.1, 0.15) is 5.75 Å². The molecule has 0 saturated carbocycles. The minimum Gasteiger partial charge on any atom is -0.496 e. The summed E-state index contributed by atoms with van der Waals surface area (Å²) in [4.78, 5) is 16.7. The first-order valence-electron chi connectivity index (χ1n) is 7.29. The molecule has 0 bridgehead atoms.